The summed E-state index contributed by atoms with van der Waals surface area (Å²) >= 11 is 0. The Hall–Kier alpha value is -3.45. The SMILES string of the molecule is COCc1nn2c(c1-c1ccc(C)cc1)NC(=O)C2CC(=O)Nc1cc(C)ccc1C. The molecule has 1 aromatic heterocycles. The summed E-state index contributed by atoms with van der Waals surface area (Å²) in [6, 6.07) is 13.2. The molecule has 0 aliphatic carbocycles. The fourth-order valence-corrected chi connectivity index (χ4v) is 3.83. The third kappa shape index (κ3) is 4.09. The monoisotopic (exact) mass is 418 g/mol. The van der Waals surface area contributed by atoms with Crippen LogP contribution in [-0.4, -0.2) is 28.7 Å². The number of carbonyl (C=O) groups excluding carboxylic acids is 2. The number of aryl methyl sites for hydroxylation is 3. The Kier molecular flexibility index (Phi) is 5.61. The number of aromatic nitrogens is 2. The highest BCUT2D eigenvalue weighted by atomic mass is 16.5. The van der Waals surface area contributed by atoms with E-state index in [4.69, 9.17) is 4.74 Å². The van der Waals surface area contributed by atoms with Crippen LogP contribution in [0.15, 0.2) is 42.5 Å². The quantitative estimate of drug-likeness (QED) is 0.630. The maximum atomic E-state index is 12.8. The molecule has 0 bridgehead atoms. The maximum absolute atomic E-state index is 12.8. The summed E-state index contributed by atoms with van der Waals surface area (Å²) in [5.74, 6) is 0.128. The first-order valence-corrected chi connectivity index (χ1v) is 10.2. The summed E-state index contributed by atoms with van der Waals surface area (Å²) in [5, 5.41) is 10.5. The van der Waals surface area contributed by atoms with Gasteiger partial charge in [-0.1, -0.05) is 42.0 Å². The number of nitrogens with one attached hydrogen (secondary N) is 2. The molecule has 0 spiro atoms. The molecule has 160 valence electrons. The van der Waals surface area contributed by atoms with E-state index in [1.54, 1.807) is 11.8 Å². The molecule has 1 aliphatic heterocycles. The van der Waals surface area contributed by atoms with Crippen LogP contribution in [-0.2, 0) is 20.9 Å². The maximum Gasteiger partial charge on any atom is 0.251 e. The van der Waals surface area contributed by atoms with Gasteiger partial charge in [0.15, 0.2) is 0 Å². The van der Waals surface area contributed by atoms with Crippen LogP contribution in [0.2, 0.25) is 0 Å². The molecule has 0 fully saturated rings. The minimum absolute atomic E-state index is 0.00629. The van der Waals surface area contributed by atoms with Gasteiger partial charge in [0.1, 0.15) is 11.9 Å². The topological polar surface area (TPSA) is 85.2 Å². The highest BCUT2D eigenvalue weighted by molar-refractivity contribution is 6.04. The first-order chi connectivity index (χ1) is 14.9. The summed E-state index contributed by atoms with van der Waals surface area (Å²) in [6.07, 6.45) is -0.00629. The highest BCUT2D eigenvalue weighted by Crippen LogP contribution is 2.39. The number of ether oxygens (including phenoxy) is 1. The second-order valence-corrected chi connectivity index (χ2v) is 7.99. The fourth-order valence-electron chi connectivity index (χ4n) is 3.83. The molecule has 0 saturated carbocycles. The van der Waals surface area contributed by atoms with Gasteiger partial charge in [-0.15, -0.1) is 0 Å². The summed E-state index contributed by atoms with van der Waals surface area (Å²) in [4.78, 5) is 25.5. The van der Waals surface area contributed by atoms with Gasteiger partial charge in [-0.2, -0.15) is 5.10 Å². The molecule has 3 aromatic rings. The van der Waals surface area contributed by atoms with E-state index >= 15 is 0 Å². The average molecular weight is 418 g/mol. The third-order valence-corrected chi connectivity index (χ3v) is 5.49. The molecule has 0 saturated heterocycles. The molecule has 31 heavy (non-hydrogen) atoms. The second kappa shape index (κ2) is 8.35. The average Bonchev–Trinajstić information content (AvgIpc) is 3.21. The zero-order chi connectivity index (χ0) is 22.1. The van der Waals surface area contributed by atoms with Crippen LogP contribution < -0.4 is 10.6 Å². The van der Waals surface area contributed by atoms with Crippen LogP contribution >= 0.6 is 0 Å². The molecule has 1 aliphatic rings. The van der Waals surface area contributed by atoms with Gasteiger partial charge in [-0.25, -0.2) is 4.68 Å². The first-order valence-electron chi connectivity index (χ1n) is 10.2. The highest BCUT2D eigenvalue weighted by Gasteiger charge is 2.37. The van der Waals surface area contributed by atoms with E-state index in [0.717, 1.165) is 39.2 Å². The van der Waals surface area contributed by atoms with Crippen molar-refractivity contribution < 1.29 is 14.3 Å². The lowest BCUT2D eigenvalue weighted by Crippen LogP contribution is -2.24. The molecule has 7 nitrogen and oxygen atoms in total. The summed E-state index contributed by atoms with van der Waals surface area (Å²) in [5.41, 5.74) is 6.42. The van der Waals surface area contributed by atoms with Crippen LogP contribution in [0.3, 0.4) is 0 Å². The smallest absolute Gasteiger partial charge is 0.251 e. The summed E-state index contributed by atoms with van der Waals surface area (Å²) in [7, 11) is 1.61. The Labute approximate surface area is 181 Å². The van der Waals surface area contributed by atoms with Crippen molar-refractivity contribution in [1.29, 1.82) is 0 Å². The largest absolute Gasteiger partial charge is 0.378 e. The normalized spacial score (nSPS) is 15.0. The number of nitrogens with zero attached hydrogens (tertiary/aromatic N) is 2. The van der Waals surface area contributed by atoms with Gasteiger partial charge in [0, 0.05) is 18.4 Å². The second-order valence-electron chi connectivity index (χ2n) is 7.99. The lowest BCUT2D eigenvalue weighted by molar-refractivity contribution is -0.123. The van der Waals surface area contributed by atoms with E-state index in [0.29, 0.717) is 12.4 Å². The molecular weight excluding hydrogens is 392 g/mol. The molecule has 1 atom stereocenters. The van der Waals surface area contributed by atoms with E-state index in [9.17, 15) is 9.59 Å². The summed E-state index contributed by atoms with van der Waals surface area (Å²) in [6.45, 7) is 6.24. The molecule has 2 aromatic carbocycles. The van der Waals surface area contributed by atoms with Crippen molar-refractivity contribution in [3.05, 3.63) is 64.8 Å². The molecular formula is C24H26N4O3. The van der Waals surface area contributed by atoms with Gasteiger partial charge >= 0.3 is 0 Å². The number of hydrogen-bond acceptors (Lipinski definition) is 4. The van der Waals surface area contributed by atoms with Crippen molar-refractivity contribution in [3.63, 3.8) is 0 Å². The number of hydrogen-bond donors (Lipinski definition) is 2. The molecule has 1 unspecified atom stereocenters. The van der Waals surface area contributed by atoms with Gasteiger partial charge in [-0.3, -0.25) is 9.59 Å². The Bertz CT molecular complexity index is 1150. The predicted octanol–water partition coefficient (Wildman–Crippen LogP) is 4.14. The van der Waals surface area contributed by atoms with Gasteiger partial charge in [0.05, 0.1) is 18.7 Å². The third-order valence-electron chi connectivity index (χ3n) is 5.49. The molecule has 2 amide bonds. The Morgan fingerprint density at radius 2 is 1.84 bits per heavy atom. The van der Waals surface area contributed by atoms with Gasteiger partial charge in [-0.05, 0) is 43.5 Å². The molecule has 4 rings (SSSR count). The van der Waals surface area contributed by atoms with Crippen LogP contribution in [0.1, 0.15) is 34.8 Å². The number of carbonyl (C=O) groups is 2. The standard InChI is InChI=1S/C24H26N4O3/c1-14-6-9-17(10-7-14)22-19(13-31-4)27-28-20(24(30)26-23(22)28)12-21(29)25-18-11-15(2)5-8-16(18)3/h5-11,20H,12-13H2,1-4H3,(H,25,29)(H,26,30). The minimum Gasteiger partial charge on any atom is -0.378 e. The van der Waals surface area contributed by atoms with Crippen molar-refractivity contribution in [2.45, 2.75) is 39.8 Å². The Morgan fingerprint density at radius 3 is 2.55 bits per heavy atom. The van der Waals surface area contributed by atoms with Gasteiger partial charge in [0.2, 0.25) is 5.91 Å². The van der Waals surface area contributed by atoms with Crippen molar-refractivity contribution in [1.82, 2.24) is 9.78 Å². The van der Waals surface area contributed by atoms with Crippen molar-refractivity contribution in [2.24, 2.45) is 0 Å². The first kappa shape index (κ1) is 20.8. The number of methoxy groups -OCH3 is 1. The zero-order valence-electron chi connectivity index (χ0n) is 18.2. The zero-order valence-corrected chi connectivity index (χ0v) is 18.2. The van der Waals surface area contributed by atoms with E-state index in [2.05, 4.69) is 15.7 Å². The van der Waals surface area contributed by atoms with E-state index in [1.165, 1.54) is 0 Å². The van der Waals surface area contributed by atoms with Crippen molar-refractivity contribution in [2.75, 3.05) is 17.7 Å². The van der Waals surface area contributed by atoms with Crippen LogP contribution in [0.4, 0.5) is 11.5 Å². The van der Waals surface area contributed by atoms with Crippen LogP contribution in [0.25, 0.3) is 11.1 Å². The number of fused-ring (bicyclic) bond motifs is 1. The van der Waals surface area contributed by atoms with Crippen molar-refractivity contribution >= 4 is 23.3 Å². The predicted molar refractivity (Wildman–Crippen MR) is 120 cm³/mol. The number of amides is 2. The van der Waals surface area contributed by atoms with Crippen LogP contribution in [0.5, 0.6) is 0 Å². The minimum atomic E-state index is -0.713. The summed E-state index contributed by atoms with van der Waals surface area (Å²) < 4.78 is 6.95. The van der Waals surface area contributed by atoms with E-state index < -0.39 is 6.04 Å². The van der Waals surface area contributed by atoms with Gasteiger partial charge in [0.25, 0.3) is 5.91 Å². The van der Waals surface area contributed by atoms with Crippen molar-refractivity contribution in [3.8, 4) is 11.1 Å². The lowest BCUT2D eigenvalue weighted by Gasteiger charge is -2.12. The van der Waals surface area contributed by atoms with E-state index in [-0.39, 0.29) is 18.2 Å². The molecule has 0 radical (unpaired) electrons. The lowest BCUT2D eigenvalue weighted by atomic mass is 10.0. The Balaban J connectivity index is 1.63. The van der Waals surface area contributed by atoms with Gasteiger partial charge < -0.3 is 15.4 Å². The fraction of sp³-hybridized carbons (Fsp3) is 0.292. The molecule has 2 N–H and O–H groups in total. The van der Waals surface area contributed by atoms with Crippen LogP contribution in [0, 0.1) is 20.8 Å². The molecule has 2 heterocycles. The number of benzene rings is 2. The Morgan fingerprint density at radius 1 is 1.13 bits per heavy atom. The van der Waals surface area contributed by atoms with E-state index in [1.807, 2.05) is 63.2 Å². The number of rotatable bonds is 6. The molecule has 7 heteroatoms. The number of anilines is 2.